The fourth-order valence-corrected chi connectivity index (χ4v) is 3.19. The molecular weight excluding hydrogens is 289 g/mol. The number of para-hydroxylation sites is 1. The quantitative estimate of drug-likeness (QED) is 0.927. The Balaban J connectivity index is 0.000000810. The maximum atomic E-state index is 5.90. The number of nitrogens with zero attached hydrogens (tertiary/aromatic N) is 2. The third-order valence-electron chi connectivity index (χ3n) is 3.01. The Morgan fingerprint density at radius 1 is 1.33 bits per heavy atom. The molecular formula is C12H17Cl2N3S. The van der Waals surface area contributed by atoms with Gasteiger partial charge in [0, 0.05) is 19.1 Å². The van der Waals surface area contributed by atoms with E-state index in [1.54, 1.807) is 11.3 Å². The Bertz CT molecular complexity index is 470. The summed E-state index contributed by atoms with van der Waals surface area (Å²) < 4.78 is 1.28. The zero-order chi connectivity index (χ0) is 11.0. The zero-order valence-electron chi connectivity index (χ0n) is 9.91. The van der Waals surface area contributed by atoms with Gasteiger partial charge in [0.15, 0.2) is 0 Å². The van der Waals surface area contributed by atoms with Gasteiger partial charge in [0.25, 0.3) is 0 Å². The summed E-state index contributed by atoms with van der Waals surface area (Å²) in [6.45, 7) is 3.07. The average Bonchev–Trinajstić information content (AvgIpc) is 2.84. The van der Waals surface area contributed by atoms with E-state index in [-0.39, 0.29) is 24.8 Å². The highest BCUT2D eigenvalue weighted by Crippen LogP contribution is 2.23. The number of nitrogens with two attached hydrogens (primary N) is 1. The van der Waals surface area contributed by atoms with Crippen molar-refractivity contribution in [2.45, 2.75) is 19.0 Å². The molecule has 0 radical (unpaired) electrons. The molecule has 0 bridgehead atoms. The number of rotatable bonds is 2. The Kier molecular flexibility index (Phi) is 5.82. The van der Waals surface area contributed by atoms with Gasteiger partial charge in [-0.05, 0) is 18.6 Å². The van der Waals surface area contributed by atoms with Crippen LogP contribution in [0.3, 0.4) is 0 Å². The highest BCUT2D eigenvalue weighted by Gasteiger charge is 2.19. The first kappa shape index (κ1) is 15.7. The number of likely N-dealkylation sites (tertiary alicyclic amines) is 1. The Morgan fingerprint density at radius 3 is 2.78 bits per heavy atom. The molecule has 0 spiro atoms. The topological polar surface area (TPSA) is 42.1 Å². The number of benzene rings is 1. The van der Waals surface area contributed by atoms with Crippen molar-refractivity contribution in [2.75, 3.05) is 13.1 Å². The molecule has 1 atom stereocenters. The number of hydrogen-bond acceptors (Lipinski definition) is 4. The number of thiazole rings is 1. The minimum atomic E-state index is 0. The molecule has 3 rings (SSSR count). The Morgan fingerprint density at radius 2 is 2.11 bits per heavy atom. The van der Waals surface area contributed by atoms with Crippen LogP contribution in [0.25, 0.3) is 10.2 Å². The van der Waals surface area contributed by atoms with E-state index in [0.717, 1.165) is 31.6 Å². The summed E-state index contributed by atoms with van der Waals surface area (Å²) in [6, 6.07) is 8.67. The summed E-state index contributed by atoms with van der Waals surface area (Å²) >= 11 is 1.79. The highest BCUT2D eigenvalue weighted by molar-refractivity contribution is 7.18. The first-order valence-corrected chi connectivity index (χ1v) is 6.45. The first-order valence-electron chi connectivity index (χ1n) is 5.63. The molecule has 0 saturated carbocycles. The van der Waals surface area contributed by atoms with Crippen molar-refractivity contribution in [1.82, 2.24) is 9.88 Å². The molecule has 1 aromatic heterocycles. The summed E-state index contributed by atoms with van der Waals surface area (Å²) in [7, 11) is 0. The van der Waals surface area contributed by atoms with Crippen molar-refractivity contribution >= 4 is 46.4 Å². The molecule has 18 heavy (non-hydrogen) atoms. The lowest BCUT2D eigenvalue weighted by Gasteiger charge is -2.12. The molecule has 1 fully saturated rings. The predicted octanol–water partition coefficient (Wildman–Crippen LogP) is 2.67. The summed E-state index contributed by atoms with van der Waals surface area (Å²) in [6.07, 6.45) is 1.12. The Hall–Kier alpha value is -0.390. The normalized spacial score (nSPS) is 19.5. The third-order valence-corrected chi connectivity index (χ3v) is 4.03. The Labute approximate surface area is 123 Å². The van der Waals surface area contributed by atoms with Crippen LogP contribution in [-0.2, 0) is 6.54 Å². The van der Waals surface area contributed by atoms with Crippen molar-refractivity contribution in [1.29, 1.82) is 0 Å². The van der Waals surface area contributed by atoms with Crippen molar-refractivity contribution in [3.8, 4) is 0 Å². The molecule has 2 heterocycles. The summed E-state index contributed by atoms with van der Waals surface area (Å²) in [5.41, 5.74) is 7.01. The standard InChI is InChI=1S/C12H15N3S.2ClH/c13-9-5-6-15(7-9)8-12-14-10-3-1-2-4-11(10)16-12;;/h1-4,9H,5-8,13H2;2*1H/t9-;;/m1../s1. The first-order chi connectivity index (χ1) is 7.81. The molecule has 1 aliphatic rings. The van der Waals surface area contributed by atoms with Gasteiger partial charge in [-0.3, -0.25) is 4.90 Å². The molecule has 3 nitrogen and oxygen atoms in total. The molecule has 0 aliphatic carbocycles. The summed E-state index contributed by atoms with van der Waals surface area (Å²) in [5, 5.41) is 1.20. The van der Waals surface area contributed by atoms with Crippen LogP contribution in [-0.4, -0.2) is 29.0 Å². The molecule has 1 aromatic carbocycles. The van der Waals surface area contributed by atoms with E-state index in [1.807, 2.05) is 6.07 Å². The van der Waals surface area contributed by atoms with E-state index < -0.39 is 0 Å². The van der Waals surface area contributed by atoms with E-state index in [0.29, 0.717) is 6.04 Å². The number of hydrogen-bond donors (Lipinski definition) is 1. The smallest absolute Gasteiger partial charge is 0.108 e. The van der Waals surface area contributed by atoms with Crippen LogP contribution in [0.1, 0.15) is 11.4 Å². The second-order valence-electron chi connectivity index (χ2n) is 4.36. The minimum absolute atomic E-state index is 0. The highest BCUT2D eigenvalue weighted by atomic mass is 35.5. The largest absolute Gasteiger partial charge is 0.326 e. The fourth-order valence-electron chi connectivity index (χ4n) is 2.19. The van der Waals surface area contributed by atoms with Crippen molar-refractivity contribution in [3.63, 3.8) is 0 Å². The van der Waals surface area contributed by atoms with Crippen LogP contribution in [0.5, 0.6) is 0 Å². The molecule has 2 aromatic rings. The van der Waals surface area contributed by atoms with Gasteiger partial charge in [-0.2, -0.15) is 0 Å². The van der Waals surface area contributed by atoms with Gasteiger partial charge in [-0.15, -0.1) is 36.2 Å². The van der Waals surface area contributed by atoms with Crippen molar-refractivity contribution < 1.29 is 0 Å². The SMILES string of the molecule is Cl.Cl.N[C@@H]1CCN(Cc2nc3ccccc3s2)C1. The summed E-state index contributed by atoms with van der Waals surface area (Å²) in [4.78, 5) is 7.03. The van der Waals surface area contributed by atoms with E-state index in [2.05, 4.69) is 28.1 Å². The molecule has 1 saturated heterocycles. The third kappa shape index (κ3) is 3.33. The van der Waals surface area contributed by atoms with Gasteiger partial charge in [0.1, 0.15) is 5.01 Å². The van der Waals surface area contributed by atoms with E-state index in [9.17, 15) is 0 Å². The molecule has 2 N–H and O–H groups in total. The molecule has 6 heteroatoms. The lowest BCUT2D eigenvalue weighted by Crippen LogP contribution is -2.26. The van der Waals surface area contributed by atoms with Crippen molar-refractivity contribution in [2.24, 2.45) is 5.73 Å². The lowest BCUT2D eigenvalue weighted by atomic mass is 10.3. The van der Waals surface area contributed by atoms with Crippen LogP contribution in [0.2, 0.25) is 0 Å². The zero-order valence-corrected chi connectivity index (χ0v) is 12.4. The maximum Gasteiger partial charge on any atom is 0.108 e. The van der Waals surface area contributed by atoms with Crippen LogP contribution in [0.15, 0.2) is 24.3 Å². The number of fused-ring (bicyclic) bond motifs is 1. The van der Waals surface area contributed by atoms with Gasteiger partial charge in [0.2, 0.25) is 0 Å². The lowest BCUT2D eigenvalue weighted by molar-refractivity contribution is 0.326. The van der Waals surface area contributed by atoms with Crippen molar-refractivity contribution in [3.05, 3.63) is 29.3 Å². The van der Waals surface area contributed by atoms with Crippen LogP contribution in [0, 0.1) is 0 Å². The van der Waals surface area contributed by atoms with Crippen LogP contribution in [0.4, 0.5) is 0 Å². The van der Waals surface area contributed by atoms with Gasteiger partial charge in [-0.25, -0.2) is 4.98 Å². The monoisotopic (exact) mass is 305 g/mol. The van der Waals surface area contributed by atoms with Crippen LogP contribution >= 0.6 is 36.2 Å². The number of aromatic nitrogens is 1. The summed E-state index contributed by atoms with van der Waals surface area (Å²) in [5.74, 6) is 0. The van der Waals surface area contributed by atoms with E-state index in [1.165, 1.54) is 9.71 Å². The van der Waals surface area contributed by atoms with Gasteiger partial charge < -0.3 is 5.73 Å². The molecule has 1 aliphatic heterocycles. The van der Waals surface area contributed by atoms with Gasteiger partial charge in [0.05, 0.1) is 16.8 Å². The molecule has 100 valence electrons. The second-order valence-corrected chi connectivity index (χ2v) is 5.47. The second kappa shape index (κ2) is 6.68. The van der Waals surface area contributed by atoms with E-state index >= 15 is 0 Å². The van der Waals surface area contributed by atoms with E-state index in [4.69, 9.17) is 5.73 Å². The van der Waals surface area contributed by atoms with Gasteiger partial charge in [-0.1, -0.05) is 12.1 Å². The molecule has 0 amide bonds. The molecule has 0 unspecified atom stereocenters. The van der Waals surface area contributed by atoms with Crippen LogP contribution < -0.4 is 5.73 Å². The maximum absolute atomic E-state index is 5.90. The minimum Gasteiger partial charge on any atom is -0.326 e. The number of halogens is 2. The fraction of sp³-hybridized carbons (Fsp3) is 0.417. The predicted molar refractivity (Wildman–Crippen MR) is 82.0 cm³/mol. The average molecular weight is 306 g/mol. The van der Waals surface area contributed by atoms with Gasteiger partial charge >= 0.3 is 0 Å².